The molecule has 0 N–H and O–H groups in total. The number of hydrogen-bond donors (Lipinski definition) is 0. The molecule has 0 bridgehead atoms. The van der Waals surface area contributed by atoms with Gasteiger partial charge in [0.05, 0.1) is 22.7 Å². The van der Waals surface area contributed by atoms with Gasteiger partial charge in [0.15, 0.2) is 0 Å². The van der Waals surface area contributed by atoms with Crippen LogP contribution in [0.3, 0.4) is 0 Å². The van der Waals surface area contributed by atoms with Crippen LogP contribution in [0, 0.1) is 0 Å². The molecule has 2 heteroatoms. The second-order valence-corrected chi connectivity index (χ2v) is 12.6. The Morgan fingerprint density at radius 3 is 1.27 bits per heavy atom. The number of benzene rings is 8. The van der Waals surface area contributed by atoms with Crippen LogP contribution in [0.25, 0.3) is 35.1 Å². The smallest absolute Gasteiger partial charge is 0.0781 e. The molecular weight excluding hydrogens is 629 g/mol. The van der Waals surface area contributed by atoms with Crippen molar-refractivity contribution >= 4 is 69.2 Å². The summed E-state index contributed by atoms with van der Waals surface area (Å²) in [5, 5.41) is 2.33. The fourth-order valence-corrected chi connectivity index (χ4v) is 6.77. The van der Waals surface area contributed by atoms with Crippen LogP contribution in [0.1, 0.15) is 22.3 Å². The first-order valence-electron chi connectivity index (χ1n) is 17.7. The minimum atomic E-state index is 1.07. The van der Waals surface area contributed by atoms with Gasteiger partial charge in [0.2, 0.25) is 0 Å². The zero-order chi connectivity index (χ0) is 35.0. The summed E-state index contributed by atoms with van der Waals surface area (Å²) in [4.78, 5) is 4.84. The minimum Gasteiger partial charge on any atom is -0.308 e. The molecule has 0 aliphatic rings. The first-order chi connectivity index (χ1) is 25.8. The monoisotopic (exact) mass is 666 g/mol. The average Bonchev–Trinajstić information content (AvgIpc) is 3.22. The van der Waals surface area contributed by atoms with E-state index in [0.717, 1.165) is 61.8 Å². The van der Waals surface area contributed by atoms with E-state index in [-0.39, 0.29) is 0 Å². The van der Waals surface area contributed by atoms with E-state index in [1.165, 1.54) is 5.39 Å². The lowest BCUT2D eigenvalue weighted by atomic mass is 10.0. The van der Waals surface area contributed by atoms with Gasteiger partial charge in [0.1, 0.15) is 0 Å². The zero-order valence-corrected chi connectivity index (χ0v) is 28.8. The molecule has 0 aromatic heterocycles. The molecule has 0 unspecified atom stereocenters. The molecule has 248 valence electrons. The van der Waals surface area contributed by atoms with Gasteiger partial charge in [-0.25, -0.2) is 0 Å². The second-order valence-electron chi connectivity index (χ2n) is 12.6. The Bertz CT molecular complexity index is 2450. The van der Waals surface area contributed by atoms with Gasteiger partial charge < -0.3 is 9.80 Å². The highest BCUT2D eigenvalue weighted by Gasteiger charge is 2.26. The number of para-hydroxylation sites is 4. The van der Waals surface area contributed by atoms with Gasteiger partial charge >= 0.3 is 0 Å². The summed E-state index contributed by atoms with van der Waals surface area (Å²) in [5.74, 6) is 0. The first kappa shape index (κ1) is 32.3. The molecule has 8 aromatic carbocycles. The molecule has 0 fully saturated rings. The standard InChI is InChI=1S/C50H38N2/c1-5-19-39(20-6-1)33-35-42-24-14-17-31-47(42)51(44-26-9-3-10-27-44)49-38-37-41-23-13-16-30-46(41)50(49)52(45-28-11-4-12-29-45)48-32-18-15-25-43(48)36-34-40-21-7-2-8-22-40/h1-38H. The van der Waals surface area contributed by atoms with Crippen molar-refractivity contribution in [2.75, 3.05) is 9.80 Å². The maximum absolute atomic E-state index is 2.43. The molecule has 0 atom stereocenters. The highest BCUT2D eigenvalue weighted by molar-refractivity contribution is 6.08. The van der Waals surface area contributed by atoms with Crippen LogP contribution in [0.5, 0.6) is 0 Å². The van der Waals surface area contributed by atoms with Gasteiger partial charge in [-0.2, -0.15) is 0 Å². The van der Waals surface area contributed by atoms with Gasteiger partial charge in [-0.1, -0.05) is 188 Å². The molecule has 0 radical (unpaired) electrons. The third kappa shape index (κ3) is 6.92. The maximum Gasteiger partial charge on any atom is 0.0781 e. The van der Waals surface area contributed by atoms with E-state index in [0.29, 0.717) is 0 Å². The molecule has 0 heterocycles. The Kier molecular flexibility index (Phi) is 9.53. The third-order valence-electron chi connectivity index (χ3n) is 9.24. The number of nitrogens with zero attached hydrogens (tertiary/aromatic N) is 2. The topological polar surface area (TPSA) is 6.48 Å². The number of fused-ring (bicyclic) bond motifs is 1. The van der Waals surface area contributed by atoms with Crippen LogP contribution >= 0.6 is 0 Å². The van der Waals surface area contributed by atoms with E-state index in [9.17, 15) is 0 Å². The predicted molar refractivity (Wildman–Crippen MR) is 224 cm³/mol. The van der Waals surface area contributed by atoms with E-state index in [1.807, 2.05) is 0 Å². The quantitative estimate of drug-likeness (QED) is 0.134. The van der Waals surface area contributed by atoms with E-state index in [2.05, 4.69) is 240 Å². The normalized spacial score (nSPS) is 11.3. The van der Waals surface area contributed by atoms with E-state index >= 15 is 0 Å². The molecule has 8 aromatic rings. The Labute approximate surface area is 306 Å². The maximum atomic E-state index is 2.43. The van der Waals surface area contributed by atoms with Gasteiger partial charge in [0, 0.05) is 16.8 Å². The van der Waals surface area contributed by atoms with Crippen LogP contribution in [0.15, 0.2) is 206 Å². The fraction of sp³-hybridized carbons (Fsp3) is 0. The van der Waals surface area contributed by atoms with Gasteiger partial charge in [-0.05, 0) is 70.1 Å². The molecule has 0 aliphatic heterocycles. The summed E-state index contributed by atoms with van der Waals surface area (Å²) in [6.07, 6.45) is 8.83. The Balaban J connectivity index is 1.40. The third-order valence-corrected chi connectivity index (χ3v) is 9.24. The summed E-state index contributed by atoms with van der Waals surface area (Å²) in [6.45, 7) is 0. The van der Waals surface area contributed by atoms with Crippen molar-refractivity contribution in [3.8, 4) is 0 Å². The van der Waals surface area contributed by atoms with Crippen LogP contribution < -0.4 is 9.80 Å². The van der Waals surface area contributed by atoms with Crippen molar-refractivity contribution < 1.29 is 0 Å². The fourth-order valence-electron chi connectivity index (χ4n) is 6.77. The first-order valence-corrected chi connectivity index (χ1v) is 17.7. The average molecular weight is 667 g/mol. The van der Waals surface area contributed by atoms with Crippen molar-refractivity contribution in [2.24, 2.45) is 0 Å². The Morgan fingerprint density at radius 1 is 0.288 bits per heavy atom. The second kappa shape index (κ2) is 15.3. The largest absolute Gasteiger partial charge is 0.308 e. The molecule has 0 saturated carbocycles. The Morgan fingerprint density at radius 2 is 0.712 bits per heavy atom. The molecule has 52 heavy (non-hydrogen) atoms. The molecule has 8 rings (SSSR count). The number of anilines is 6. The van der Waals surface area contributed by atoms with Crippen LogP contribution in [-0.2, 0) is 0 Å². The zero-order valence-electron chi connectivity index (χ0n) is 28.8. The van der Waals surface area contributed by atoms with E-state index in [4.69, 9.17) is 0 Å². The van der Waals surface area contributed by atoms with Crippen LogP contribution in [0.4, 0.5) is 34.1 Å². The summed E-state index contributed by atoms with van der Waals surface area (Å²) in [6, 6.07) is 73.0. The molecule has 0 spiro atoms. The van der Waals surface area contributed by atoms with Crippen molar-refractivity contribution in [2.45, 2.75) is 0 Å². The molecular formula is C50H38N2. The van der Waals surface area contributed by atoms with Gasteiger partial charge in [-0.3, -0.25) is 0 Å². The SMILES string of the molecule is C(=Cc1ccccc1N(c1ccccc1)c1ccc2ccccc2c1N(c1ccccc1)c1ccccc1C=Cc1ccccc1)c1ccccc1. The Hall–Kier alpha value is -6.90. The highest BCUT2D eigenvalue weighted by Crippen LogP contribution is 2.50. The molecule has 0 amide bonds. The van der Waals surface area contributed by atoms with Crippen molar-refractivity contribution in [3.63, 3.8) is 0 Å². The number of hydrogen-bond acceptors (Lipinski definition) is 2. The van der Waals surface area contributed by atoms with Crippen LogP contribution in [-0.4, -0.2) is 0 Å². The van der Waals surface area contributed by atoms with Gasteiger partial charge in [-0.15, -0.1) is 0 Å². The lowest BCUT2D eigenvalue weighted by molar-refractivity contribution is 1.23. The summed E-state index contributed by atoms with van der Waals surface area (Å²) < 4.78 is 0. The summed E-state index contributed by atoms with van der Waals surface area (Å²) in [7, 11) is 0. The lowest BCUT2D eigenvalue weighted by Crippen LogP contribution is -2.18. The van der Waals surface area contributed by atoms with Gasteiger partial charge in [0.25, 0.3) is 0 Å². The molecule has 2 nitrogen and oxygen atoms in total. The van der Waals surface area contributed by atoms with E-state index < -0.39 is 0 Å². The van der Waals surface area contributed by atoms with Crippen LogP contribution in [0.2, 0.25) is 0 Å². The van der Waals surface area contributed by atoms with Crippen molar-refractivity contribution in [1.29, 1.82) is 0 Å². The highest BCUT2D eigenvalue weighted by atomic mass is 15.2. The molecule has 0 aliphatic carbocycles. The number of rotatable bonds is 10. The van der Waals surface area contributed by atoms with Crippen molar-refractivity contribution in [3.05, 3.63) is 229 Å². The molecule has 0 saturated heterocycles. The predicted octanol–water partition coefficient (Wildman–Crippen LogP) is 14.1. The van der Waals surface area contributed by atoms with E-state index in [1.54, 1.807) is 0 Å². The minimum absolute atomic E-state index is 1.07. The van der Waals surface area contributed by atoms with Crippen molar-refractivity contribution in [1.82, 2.24) is 0 Å². The lowest BCUT2D eigenvalue weighted by Gasteiger charge is -2.35. The summed E-state index contributed by atoms with van der Waals surface area (Å²) >= 11 is 0. The summed E-state index contributed by atoms with van der Waals surface area (Å²) in [5.41, 5.74) is 11.0.